The molecule has 1 heterocycles. The van der Waals surface area contributed by atoms with E-state index in [2.05, 4.69) is 10.6 Å². The van der Waals surface area contributed by atoms with Crippen LogP contribution >= 0.6 is 23.2 Å². The maximum atomic E-state index is 11.9. The minimum Gasteiger partial charge on any atom is -0.479 e. The topological polar surface area (TPSA) is 78.4 Å². The first-order chi connectivity index (χ1) is 10.1. The Labute approximate surface area is 140 Å². The largest absolute Gasteiger partial charge is 0.479 e. The molecule has 1 unspecified atom stereocenters. The predicted molar refractivity (Wildman–Crippen MR) is 87.0 cm³/mol. The zero-order valence-electron chi connectivity index (χ0n) is 12.7. The summed E-state index contributed by atoms with van der Waals surface area (Å²) in [4.78, 5) is 20.1. The van der Waals surface area contributed by atoms with Crippen LogP contribution < -0.4 is 10.6 Å². The highest BCUT2D eigenvalue weighted by molar-refractivity contribution is 6.52. The van der Waals surface area contributed by atoms with Gasteiger partial charge in [0.05, 0.1) is 5.66 Å². The maximum Gasteiger partial charge on any atom is 0.337 e. The summed E-state index contributed by atoms with van der Waals surface area (Å²) in [6.07, 6.45) is 0.711. The molecular weight excluding hydrogens is 327 g/mol. The molecule has 0 bridgehead atoms. The molecule has 0 aliphatic carbocycles. The van der Waals surface area contributed by atoms with E-state index in [1.807, 2.05) is 51.1 Å². The molecule has 1 amide bonds. The normalized spacial score (nSPS) is 22.7. The van der Waals surface area contributed by atoms with Crippen molar-refractivity contribution in [2.24, 2.45) is 0 Å². The molecule has 0 saturated carbocycles. The molecule has 0 spiro atoms. The van der Waals surface area contributed by atoms with Crippen molar-refractivity contribution in [1.29, 1.82) is 0 Å². The first-order valence-electron chi connectivity index (χ1n) is 6.72. The van der Waals surface area contributed by atoms with E-state index in [-0.39, 0.29) is 11.6 Å². The van der Waals surface area contributed by atoms with Crippen LogP contribution in [0.2, 0.25) is 0 Å². The SMILES string of the molecule is CC1(C)NC(=O)C(C)(Cc2ccccc2)N1.O=C(O)C(Cl)Cl. The van der Waals surface area contributed by atoms with Crippen molar-refractivity contribution in [2.75, 3.05) is 0 Å². The Kier molecular flexibility index (Phi) is 6.23. The molecule has 0 aromatic heterocycles. The van der Waals surface area contributed by atoms with Crippen molar-refractivity contribution >= 4 is 35.1 Å². The Bertz CT molecular complexity index is 535. The quantitative estimate of drug-likeness (QED) is 0.734. The lowest BCUT2D eigenvalue weighted by atomic mass is 9.93. The van der Waals surface area contributed by atoms with Gasteiger partial charge >= 0.3 is 5.97 Å². The van der Waals surface area contributed by atoms with Crippen molar-refractivity contribution in [1.82, 2.24) is 10.6 Å². The molecule has 3 N–H and O–H groups in total. The second-order valence-corrected chi connectivity index (χ2v) is 6.93. The van der Waals surface area contributed by atoms with Crippen molar-refractivity contribution in [3.05, 3.63) is 35.9 Å². The van der Waals surface area contributed by atoms with Crippen molar-refractivity contribution in [3.8, 4) is 0 Å². The number of alkyl halides is 2. The van der Waals surface area contributed by atoms with Crippen molar-refractivity contribution in [2.45, 2.75) is 43.2 Å². The molecule has 1 aromatic rings. The highest BCUT2D eigenvalue weighted by atomic mass is 35.5. The number of rotatable bonds is 3. The Hall–Kier alpha value is -1.30. The lowest BCUT2D eigenvalue weighted by Crippen LogP contribution is -2.49. The lowest BCUT2D eigenvalue weighted by Gasteiger charge is -2.25. The summed E-state index contributed by atoms with van der Waals surface area (Å²) in [6, 6.07) is 10.1. The summed E-state index contributed by atoms with van der Waals surface area (Å²) in [5, 5.41) is 14.0. The van der Waals surface area contributed by atoms with Crippen LogP contribution in [0, 0.1) is 0 Å². The fourth-order valence-corrected chi connectivity index (χ4v) is 2.33. The van der Waals surface area contributed by atoms with Crippen LogP contribution in [0.15, 0.2) is 30.3 Å². The standard InChI is InChI=1S/C13H18N2O.C2H2Cl2O2/c1-12(2)14-11(16)13(3,15-12)9-10-7-5-4-6-8-10;3-1(4)2(5)6/h4-8,15H,9H2,1-3H3,(H,14,16);1H,(H,5,6). The van der Waals surface area contributed by atoms with Crippen LogP contribution in [-0.2, 0) is 16.0 Å². The number of hydrogen-bond donors (Lipinski definition) is 3. The van der Waals surface area contributed by atoms with Gasteiger partial charge in [-0.15, -0.1) is 0 Å². The first kappa shape index (κ1) is 18.7. The van der Waals surface area contributed by atoms with Crippen LogP contribution in [0.4, 0.5) is 0 Å². The van der Waals surface area contributed by atoms with Crippen LogP contribution in [0.25, 0.3) is 0 Å². The summed E-state index contributed by atoms with van der Waals surface area (Å²) in [5.41, 5.74) is 0.344. The van der Waals surface area contributed by atoms with Gasteiger partial charge in [-0.1, -0.05) is 53.5 Å². The van der Waals surface area contributed by atoms with E-state index in [1.165, 1.54) is 5.56 Å². The number of carboxylic acid groups (broad SMARTS) is 1. The van der Waals surface area contributed by atoms with E-state index in [1.54, 1.807) is 0 Å². The van der Waals surface area contributed by atoms with Crippen LogP contribution in [0.5, 0.6) is 0 Å². The minimum atomic E-state index is -1.29. The number of carbonyl (C=O) groups is 2. The molecule has 5 nitrogen and oxygen atoms in total. The van der Waals surface area contributed by atoms with Gasteiger partial charge in [0.25, 0.3) is 0 Å². The molecule has 1 aromatic carbocycles. The third-order valence-electron chi connectivity index (χ3n) is 3.10. The number of amides is 1. The van der Waals surface area contributed by atoms with Gasteiger partial charge in [-0.25, -0.2) is 4.79 Å². The number of nitrogens with one attached hydrogen (secondary N) is 2. The van der Waals surface area contributed by atoms with Crippen LogP contribution in [-0.4, -0.2) is 33.0 Å². The Balaban J connectivity index is 0.000000346. The molecule has 122 valence electrons. The summed E-state index contributed by atoms with van der Waals surface area (Å²) in [7, 11) is 0. The van der Waals surface area contributed by atoms with E-state index in [4.69, 9.17) is 28.3 Å². The lowest BCUT2D eigenvalue weighted by molar-refractivity contribution is -0.135. The number of aliphatic carboxylic acids is 1. The molecule has 1 fully saturated rings. The number of hydrogen-bond acceptors (Lipinski definition) is 3. The van der Waals surface area contributed by atoms with Crippen molar-refractivity contribution < 1.29 is 14.7 Å². The monoisotopic (exact) mass is 346 g/mol. The molecule has 22 heavy (non-hydrogen) atoms. The second-order valence-electron chi connectivity index (χ2n) is 5.84. The van der Waals surface area contributed by atoms with Gasteiger partial charge in [-0.2, -0.15) is 0 Å². The van der Waals surface area contributed by atoms with Gasteiger partial charge in [0.2, 0.25) is 10.7 Å². The van der Waals surface area contributed by atoms with Gasteiger partial charge in [0.1, 0.15) is 5.54 Å². The summed E-state index contributed by atoms with van der Waals surface area (Å²) < 4.78 is 0. The fourth-order valence-electron chi connectivity index (χ4n) is 2.33. The molecule has 1 aliphatic rings. The summed E-state index contributed by atoms with van der Waals surface area (Å²) in [6.45, 7) is 5.90. The van der Waals surface area contributed by atoms with Crippen LogP contribution in [0.3, 0.4) is 0 Å². The van der Waals surface area contributed by atoms with E-state index in [0.29, 0.717) is 6.42 Å². The fraction of sp³-hybridized carbons (Fsp3) is 0.467. The molecule has 1 atom stereocenters. The summed E-state index contributed by atoms with van der Waals surface area (Å²) in [5.74, 6) is -1.14. The molecule has 1 aliphatic heterocycles. The Morgan fingerprint density at radius 2 is 1.73 bits per heavy atom. The van der Waals surface area contributed by atoms with Gasteiger partial charge in [-0.3, -0.25) is 10.1 Å². The van der Waals surface area contributed by atoms with E-state index < -0.39 is 16.3 Å². The zero-order chi connectivity index (χ0) is 17.0. The van der Waals surface area contributed by atoms with Gasteiger partial charge in [-0.05, 0) is 32.8 Å². The second kappa shape index (κ2) is 7.31. The number of carboxylic acids is 1. The molecular formula is C15H20Cl2N2O3. The van der Waals surface area contributed by atoms with Crippen molar-refractivity contribution in [3.63, 3.8) is 0 Å². The minimum absolute atomic E-state index is 0.0707. The molecule has 2 rings (SSSR count). The maximum absolute atomic E-state index is 11.9. The third kappa shape index (κ3) is 5.48. The number of benzene rings is 1. The average Bonchev–Trinajstić information content (AvgIpc) is 2.59. The van der Waals surface area contributed by atoms with Gasteiger partial charge in [0, 0.05) is 0 Å². The van der Waals surface area contributed by atoms with Gasteiger partial charge < -0.3 is 10.4 Å². The molecule has 1 saturated heterocycles. The Morgan fingerprint density at radius 3 is 2.09 bits per heavy atom. The highest BCUT2D eigenvalue weighted by Gasteiger charge is 2.45. The Morgan fingerprint density at radius 1 is 1.23 bits per heavy atom. The first-order valence-corrected chi connectivity index (χ1v) is 7.60. The predicted octanol–water partition coefficient (Wildman–Crippen LogP) is 2.32. The average molecular weight is 347 g/mol. The zero-order valence-corrected chi connectivity index (χ0v) is 14.2. The highest BCUT2D eigenvalue weighted by Crippen LogP contribution is 2.22. The number of carbonyl (C=O) groups excluding carboxylic acids is 1. The summed E-state index contributed by atoms with van der Waals surface area (Å²) >= 11 is 9.56. The number of halogens is 2. The van der Waals surface area contributed by atoms with E-state index in [9.17, 15) is 9.59 Å². The third-order valence-corrected chi connectivity index (χ3v) is 3.48. The molecule has 7 heteroatoms. The van der Waals surface area contributed by atoms with Crippen LogP contribution in [0.1, 0.15) is 26.3 Å². The van der Waals surface area contributed by atoms with E-state index >= 15 is 0 Å². The van der Waals surface area contributed by atoms with Gasteiger partial charge in [0.15, 0.2) is 0 Å². The molecule has 0 radical (unpaired) electrons. The smallest absolute Gasteiger partial charge is 0.337 e. The van der Waals surface area contributed by atoms with E-state index in [0.717, 1.165) is 0 Å².